The minimum absolute atomic E-state index is 0.302. The number of halogens is 3. The average molecular weight is 306 g/mol. The van der Waals surface area contributed by atoms with E-state index < -0.39 is 17.0 Å². The summed E-state index contributed by atoms with van der Waals surface area (Å²) in [6.45, 7) is 1.20. The van der Waals surface area contributed by atoms with E-state index in [2.05, 4.69) is 10.1 Å². The Morgan fingerprint density at radius 1 is 1.25 bits per heavy atom. The predicted molar refractivity (Wildman–Crippen MR) is 72.1 cm³/mol. The van der Waals surface area contributed by atoms with Gasteiger partial charge in [-0.2, -0.15) is 8.78 Å². The Labute approximate surface area is 120 Å². The van der Waals surface area contributed by atoms with Gasteiger partial charge in [0.1, 0.15) is 11.4 Å². The van der Waals surface area contributed by atoms with E-state index in [1.165, 1.54) is 26.2 Å². The van der Waals surface area contributed by atoms with E-state index in [-0.39, 0.29) is 5.57 Å². The van der Waals surface area contributed by atoms with Gasteiger partial charge in [0.05, 0.1) is 19.8 Å². The number of hydrogen-bond acceptors (Lipinski definition) is 4. The number of anilines is 1. The Balaban J connectivity index is 3.10. The van der Waals surface area contributed by atoms with Crippen LogP contribution in [0.3, 0.4) is 0 Å². The van der Waals surface area contributed by atoms with Gasteiger partial charge in [0.25, 0.3) is 0 Å². The van der Waals surface area contributed by atoms with Crippen LogP contribution in [0.4, 0.5) is 14.5 Å². The third-order valence-electron chi connectivity index (χ3n) is 2.51. The summed E-state index contributed by atoms with van der Waals surface area (Å²) in [5.74, 6) is -0.315. The van der Waals surface area contributed by atoms with E-state index in [9.17, 15) is 13.6 Å². The lowest BCUT2D eigenvalue weighted by atomic mass is 10.2. The highest BCUT2D eigenvalue weighted by Crippen LogP contribution is 2.32. The molecule has 0 heterocycles. The number of hydrogen-bond donors (Lipinski definition) is 1. The van der Waals surface area contributed by atoms with Gasteiger partial charge in [0.2, 0.25) is 0 Å². The van der Waals surface area contributed by atoms with Crippen LogP contribution in [-0.2, 0) is 9.53 Å². The van der Waals surface area contributed by atoms with E-state index >= 15 is 0 Å². The Hall–Kier alpha value is -1.82. The molecule has 0 spiro atoms. The predicted octanol–water partition coefficient (Wildman–Crippen LogP) is 3.39. The van der Waals surface area contributed by atoms with E-state index in [4.69, 9.17) is 16.3 Å². The topological polar surface area (TPSA) is 47.6 Å². The number of ether oxygens (including phenoxy) is 2. The SMILES string of the molecule is COC(=O)/C(C)=C(\Nc1ccc(OC)cc1)C(F)(F)Cl. The minimum atomic E-state index is -3.72. The quantitative estimate of drug-likeness (QED) is 0.514. The van der Waals surface area contributed by atoms with Crippen LogP contribution in [0.15, 0.2) is 35.5 Å². The number of alkyl halides is 3. The summed E-state index contributed by atoms with van der Waals surface area (Å²) in [5, 5.41) is -1.30. The summed E-state index contributed by atoms with van der Waals surface area (Å²) >= 11 is 5.02. The summed E-state index contributed by atoms with van der Waals surface area (Å²) in [6.07, 6.45) is 0. The van der Waals surface area contributed by atoms with Crippen molar-refractivity contribution in [1.29, 1.82) is 0 Å². The fraction of sp³-hybridized carbons (Fsp3) is 0.308. The largest absolute Gasteiger partial charge is 0.497 e. The molecule has 110 valence electrons. The summed E-state index contributed by atoms with van der Waals surface area (Å²) < 4.78 is 36.1. The van der Waals surface area contributed by atoms with Crippen molar-refractivity contribution in [3.8, 4) is 5.75 Å². The Bertz CT molecular complexity index is 509. The smallest absolute Gasteiger partial charge is 0.363 e. The highest BCUT2D eigenvalue weighted by molar-refractivity contribution is 6.24. The number of esters is 1. The van der Waals surface area contributed by atoms with Gasteiger partial charge >= 0.3 is 11.4 Å². The molecule has 0 radical (unpaired) electrons. The lowest BCUT2D eigenvalue weighted by Crippen LogP contribution is -2.23. The molecule has 0 aliphatic heterocycles. The van der Waals surface area contributed by atoms with Crippen LogP contribution in [-0.4, -0.2) is 25.6 Å². The fourth-order valence-corrected chi connectivity index (χ4v) is 1.64. The highest BCUT2D eigenvalue weighted by Gasteiger charge is 2.35. The molecular weight excluding hydrogens is 292 g/mol. The first-order valence-electron chi connectivity index (χ1n) is 5.57. The van der Waals surface area contributed by atoms with E-state index in [0.29, 0.717) is 11.4 Å². The van der Waals surface area contributed by atoms with Crippen LogP contribution in [0.1, 0.15) is 6.92 Å². The second-order valence-electron chi connectivity index (χ2n) is 3.84. The third kappa shape index (κ3) is 4.09. The van der Waals surface area contributed by atoms with Gasteiger partial charge in [-0.3, -0.25) is 0 Å². The minimum Gasteiger partial charge on any atom is -0.497 e. The lowest BCUT2D eigenvalue weighted by Gasteiger charge is -2.18. The summed E-state index contributed by atoms with van der Waals surface area (Å²) in [5.41, 5.74) is -0.691. The molecule has 0 aliphatic carbocycles. The van der Waals surface area contributed by atoms with Crippen LogP contribution >= 0.6 is 11.6 Å². The van der Waals surface area contributed by atoms with Gasteiger partial charge in [0.15, 0.2) is 0 Å². The lowest BCUT2D eigenvalue weighted by molar-refractivity contribution is -0.136. The maximum atomic E-state index is 13.4. The first-order valence-corrected chi connectivity index (χ1v) is 5.95. The first-order chi connectivity index (χ1) is 9.29. The monoisotopic (exact) mass is 305 g/mol. The molecule has 0 aromatic heterocycles. The van der Waals surface area contributed by atoms with Crippen LogP contribution in [0.2, 0.25) is 0 Å². The molecule has 1 rings (SSSR count). The number of methoxy groups -OCH3 is 2. The molecule has 4 nitrogen and oxygen atoms in total. The van der Waals surface area contributed by atoms with Gasteiger partial charge < -0.3 is 14.8 Å². The van der Waals surface area contributed by atoms with Crippen molar-refractivity contribution in [1.82, 2.24) is 0 Å². The third-order valence-corrected chi connectivity index (χ3v) is 2.70. The van der Waals surface area contributed by atoms with Crippen molar-refractivity contribution in [2.45, 2.75) is 12.3 Å². The zero-order valence-corrected chi connectivity index (χ0v) is 11.9. The molecule has 0 atom stereocenters. The van der Waals surface area contributed by atoms with Crippen LogP contribution in [0, 0.1) is 0 Å². The summed E-state index contributed by atoms with van der Waals surface area (Å²) in [7, 11) is 2.59. The van der Waals surface area contributed by atoms with Crippen molar-refractivity contribution < 1.29 is 23.0 Å². The number of rotatable bonds is 5. The van der Waals surface area contributed by atoms with E-state index in [1.807, 2.05) is 0 Å². The molecule has 0 fully saturated rings. The molecule has 0 saturated heterocycles. The van der Waals surface area contributed by atoms with Gasteiger partial charge in [-0.05, 0) is 42.8 Å². The van der Waals surface area contributed by atoms with Gasteiger partial charge in [-0.1, -0.05) is 0 Å². The number of nitrogens with one attached hydrogen (secondary N) is 1. The van der Waals surface area contributed by atoms with Crippen molar-refractivity contribution in [2.24, 2.45) is 0 Å². The van der Waals surface area contributed by atoms with Crippen LogP contribution in [0.25, 0.3) is 0 Å². The molecule has 7 heteroatoms. The molecule has 1 aromatic carbocycles. The molecule has 0 saturated carbocycles. The Kier molecular flexibility index (Phi) is 5.33. The molecular formula is C13H14ClF2NO3. The van der Waals surface area contributed by atoms with E-state index in [1.54, 1.807) is 12.1 Å². The zero-order chi connectivity index (χ0) is 15.3. The van der Waals surface area contributed by atoms with Gasteiger partial charge in [-0.25, -0.2) is 4.79 Å². The molecule has 0 bridgehead atoms. The summed E-state index contributed by atoms with van der Waals surface area (Å²) in [4.78, 5) is 11.4. The molecule has 1 aromatic rings. The molecule has 0 amide bonds. The summed E-state index contributed by atoms with van der Waals surface area (Å²) in [6, 6.07) is 6.21. The number of benzene rings is 1. The van der Waals surface area contributed by atoms with Crippen LogP contribution < -0.4 is 10.1 Å². The molecule has 1 N–H and O–H groups in total. The number of carbonyl (C=O) groups excluding carboxylic acids is 1. The van der Waals surface area contributed by atoms with Crippen molar-refractivity contribution in [3.63, 3.8) is 0 Å². The van der Waals surface area contributed by atoms with Crippen molar-refractivity contribution in [2.75, 3.05) is 19.5 Å². The number of carbonyl (C=O) groups is 1. The van der Waals surface area contributed by atoms with Gasteiger partial charge in [-0.15, -0.1) is 0 Å². The Morgan fingerprint density at radius 2 is 1.80 bits per heavy atom. The normalized spacial score (nSPS) is 12.5. The number of allylic oxidation sites excluding steroid dienone is 1. The van der Waals surface area contributed by atoms with Crippen molar-refractivity contribution >= 4 is 23.3 Å². The maximum absolute atomic E-state index is 13.4. The fourth-order valence-electron chi connectivity index (χ4n) is 1.45. The molecule has 20 heavy (non-hydrogen) atoms. The van der Waals surface area contributed by atoms with Crippen molar-refractivity contribution in [3.05, 3.63) is 35.5 Å². The zero-order valence-electron chi connectivity index (χ0n) is 11.2. The molecule has 0 aliphatic rings. The Morgan fingerprint density at radius 3 is 2.20 bits per heavy atom. The first kappa shape index (κ1) is 16.2. The average Bonchev–Trinajstić information content (AvgIpc) is 2.42. The highest BCUT2D eigenvalue weighted by atomic mass is 35.5. The van der Waals surface area contributed by atoms with Crippen LogP contribution in [0.5, 0.6) is 5.75 Å². The second kappa shape index (κ2) is 6.56. The standard InChI is InChI=1S/C13H14ClF2NO3/c1-8(12(18)20-3)11(13(14,15)16)17-9-4-6-10(19-2)7-5-9/h4-7,17H,1-3H3/b11-8-. The maximum Gasteiger partial charge on any atom is 0.363 e. The second-order valence-corrected chi connectivity index (χ2v) is 4.32. The van der Waals surface area contributed by atoms with E-state index in [0.717, 1.165) is 7.11 Å². The molecule has 0 unspecified atom stereocenters. The van der Waals surface area contributed by atoms with Gasteiger partial charge in [0, 0.05) is 5.69 Å².